The van der Waals surface area contributed by atoms with E-state index in [1.807, 2.05) is 80.6 Å². The van der Waals surface area contributed by atoms with Crippen LogP contribution >= 0.6 is 0 Å². The highest BCUT2D eigenvalue weighted by molar-refractivity contribution is 5.93. The molecule has 26 heavy (non-hydrogen) atoms. The third kappa shape index (κ3) is 4.67. The third-order valence-electron chi connectivity index (χ3n) is 3.82. The summed E-state index contributed by atoms with van der Waals surface area (Å²) in [7, 11) is 0. The molecule has 3 rings (SSSR count). The molecule has 1 N–H and O–H groups in total. The lowest BCUT2D eigenvalue weighted by molar-refractivity contribution is 0.0631. The van der Waals surface area contributed by atoms with E-state index >= 15 is 0 Å². The Morgan fingerprint density at radius 1 is 0.731 bits per heavy atom. The summed E-state index contributed by atoms with van der Waals surface area (Å²) >= 11 is 0. The van der Waals surface area contributed by atoms with Crippen molar-refractivity contribution in [1.29, 1.82) is 0 Å². The van der Waals surface area contributed by atoms with Crippen LogP contribution in [-0.4, -0.2) is 30.5 Å². The van der Waals surface area contributed by atoms with Gasteiger partial charge in [-0.1, -0.05) is 42.5 Å². The Labute approximate surface area is 153 Å². The first-order valence-corrected chi connectivity index (χ1v) is 8.80. The number of para-hydroxylation sites is 1. The molecule has 1 unspecified atom stereocenters. The quantitative estimate of drug-likeness (QED) is 0.651. The molecular formula is C22H24O4. The van der Waals surface area contributed by atoms with Gasteiger partial charge in [0.05, 0.1) is 6.10 Å². The van der Waals surface area contributed by atoms with Crippen LogP contribution in [0.4, 0.5) is 0 Å². The topological polar surface area (TPSA) is 47.9 Å². The van der Waals surface area contributed by atoms with Crippen LogP contribution in [0, 0.1) is 0 Å². The summed E-state index contributed by atoms with van der Waals surface area (Å²) in [6.07, 6.45) is -0.623. The number of rotatable bonds is 8. The van der Waals surface area contributed by atoms with Gasteiger partial charge in [0.15, 0.2) is 0 Å². The van der Waals surface area contributed by atoms with Crippen molar-refractivity contribution in [3.8, 4) is 17.2 Å². The molecule has 0 fully saturated rings. The smallest absolute Gasteiger partial charge is 0.127 e. The second kappa shape index (κ2) is 8.59. The molecule has 0 amide bonds. The van der Waals surface area contributed by atoms with Crippen molar-refractivity contribution in [1.82, 2.24) is 0 Å². The zero-order chi connectivity index (χ0) is 18.4. The van der Waals surface area contributed by atoms with Crippen molar-refractivity contribution < 1.29 is 19.3 Å². The largest absolute Gasteiger partial charge is 0.491 e. The summed E-state index contributed by atoms with van der Waals surface area (Å²) in [5.41, 5.74) is 0. The molecule has 4 heteroatoms. The normalized spacial score (nSPS) is 12.2. The molecule has 0 spiro atoms. The van der Waals surface area contributed by atoms with Crippen molar-refractivity contribution >= 4 is 10.8 Å². The van der Waals surface area contributed by atoms with Gasteiger partial charge in [-0.25, -0.2) is 0 Å². The van der Waals surface area contributed by atoms with E-state index in [1.165, 1.54) is 0 Å². The molecule has 3 aromatic rings. The number of fused-ring (bicyclic) bond motifs is 1. The van der Waals surface area contributed by atoms with E-state index in [0.29, 0.717) is 0 Å². The first kappa shape index (κ1) is 18.1. The number of hydrogen-bond donors (Lipinski definition) is 1. The molecular weight excluding hydrogens is 328 g/mol. The molecule has 0 saturated carbocycles. The minimum atomic E-state index is -0.722. The number of hydrogen-bond acceptors (Lipinski definition) is 4. The molecule has 0 radical (unpaired) electrons. The molecule has 0 bridgehead atoms. The molecule has 0 aliphatic carbocycles. The van der Waals surface area contributed by atoms with Gasteiger partial charge in [-0.2, -0.15) is 0 Å². The average Bonchev–Trinajstić information content (AvgIpc) is 2.66. The Hall–Kier alpha value is -2.72. The van der Waals surface area contributed by atoms with E-state index in [-0.39, 0.29) is 19.3 Å². The second-order valence-electron chi connectivity index (χ2n) is 6.36. The van der Waals surface area contributed by atoms with Crippen LogP contribution in [0.5, 0.6) is 17.2 Å². The van der Waals surface area contributed by atoms with E-state index in [4.69, 9.17) is 14.2 Å². The highest BCUT2D eigenvalue weighted by Gasteiger charge is 2.11. The van der Waals surface area contributed by atoms with Gasteiger partial charge >= 0.3 is 0 Å². The zero-order valence-electron chi connectivity index (χ0n) is 15.1. The number of aliphatic hydroxyl groups is 1. The Bertz CT molecular complexity index is 830. The molecule has 4 nitrogen and oxygen atoms in total. The zero-order valence-corrected chi connectivity index (χ0v) is 15.1. The minimum Gasteiger partial charge on any atom is -0.491 e. The standard InChI is InChI=1S/C22H24O4/c1-16(2)26-22-13-12-21(19-10-6-7-11-20(19)22)25-15-17(23)14-24-18-8-4-3-5-9-18/h3-13,16-17,23H,14-15H2,1-2H3. The molecule has 0 heterocycles. The maximum Gasteiger partial charge on any atom is 0.127 e. The first-order valence-electron chi connectivity index (χ1n) is 8.80. The lowest BCUT2D eigenvalue weighted by atomic mass is 10.1. The van der Waals surface area contributed by atoms with Crippen LogP contribution in [0.2, 0.25) is 0 Å². The Morgan fingerprint density at radius 2 is 1.31 bits per heavy atom. The van der Waals surface area contributed by atoms with Crippen molar-refractivity contribution in [2.24, 2.45) is 0 Å². The van der Waals surface area contributed by atoms with E-state index in [0.717, 1.165) is 28.0 Å². The number of benzene rings is 3. The lowest BCUT2D eigenvalue weighted by Crippen LogP contribution is -2.25. The molecule has 1 atom stereocenters. The van der Waals surface area contributed by atoms with Crippen molar-refractivity contribution in [3.05, 3.63) is 66.7 Å². The molecule has 0 saturated heterocycles. The predicted octanol–water partition coefficient (Wildman–Crippen LogP) is 4.45. The van der Waals surface area contributed by atoms with Gasteiger partial charge in [0, 0.05) is 10.8 Å². The highest BCUT2D eigenvalue weighted by atomic mass is 16.5. The SMILES string of the molecule is CC(C)Oc1ccc(OCC(O)COc2ccccc2)c2ccccc12. The minimum absolute atomic E-state index is 0.0992. The fraction of sp³-hybridized carbons (Fsp3) is 0.273. The maximum absolute atomic E-state index is 10.1. The average molecular weight is 352 g/mol. The Morgan fingerprint density at radius 3 is 2.00 bits per heavy atom. The maximum atomic E-state index is 10.1. The molecule has 136 valence electrons. The Kier molecular flexibility index (Phi) is 5.97. The van der Waals surface area contributed by atoms with Crippen LogP contribution in [0.1, 0.15) is 13.8 Å². The summed E-state index contributed by atoms with van der Waals surface area (Å²) in [5, 5.41) is 12.1. The van der Waals surface area contributed by atoms with Crippen LogP contribution in [0.3, 0.4) is 0 Å². The van der Waals surface area contributed by atoms with Gasteiger partial charge < -0.3 is 19.3 Å². The summed E-state index contributed by atoms with van der Waals surface area (Å²) in [6.45, 7) is 4.34. The van der Waals surface area contributed by atoms with Crippen molar-refractivity contribution in [2.45, 2.75) is 26.1 Å². The van der Waals surface area contributed by atoms with Gasteiger partial charge in [-0.15, -0.1) is 0 Å². The van der Waals surface area contributed by atoms with Crippen LogP contribution in [-0.2, 0) is 0 Å². The van der Waals surface area contributed by atoms with Crippen LogP contribution in [0.15, 0.2) is 66.7 Å². The van der Waals surface area contributed by atoms with Gasteiger partial charge in [-0.05, 0) is 38.1 Å². The van der Waals surface area contributed by atoms with E-state index in [2.05, 4.69) is 0 Å². The van der Waals surface area contributed by atoms with Gasteiger partial charge in [0.1, 0.15) is 36.6 Å². The third-order valence-corrected chi connectivity index (χ3v) is 3.82. The lowest BCUT2D eigenvalue weighted by Gasteiger charge is -2.17. The summed E-state index contributed by atoms with van der Waals surface area (Å²) in [6, 6.07) is 21.1. The molecule has 0 aliphatic heterocycles. The van der Waals surface area contributed by atoms with E-state index in [9.17, 15) is 5.11 Å². The molecule has 0 aromatic heterocycles. The monoisotopic (exact) mass is 352 g/mol. The Balaban J connectivity index is 1.65. The second-order valence-corrected chi connectivity index (χ2v) is 6.36. The van der Waals surface area contributed by atoms with E-state index < -0.39 is 6.10 Å². The summed E-state index contributed by atoms with van der Waals surface area (Å²) < 4.78 is 17.3. The van der Waals surface area contributed by atoms with Crippen molar-refractivity contribution in [3.63, 3.8) is 0 Å². The van der Waals surface area contributed by atoms with Gasteiger partial charge in [-0.3, -0.25) is 0 Å². The predicted molar refractivity (Wildman–Crippen MR) is 103 cm³/mol. The summed E-state index contributed by atoms with van der Waals surface area (Å²) in [5.74, 6) is 2.28. The fourth-order valence-electron chi connectivity index (χ4n) is 2.67. The van der Waals surface area contributed by atoms with Crippen molar-refractivity contribution in [2.75, 3.05) is 13.2 Å². The molecule has 0 aliphatic rings. The van der Waals surface area contributed by atoms with Gasteiger partial charge in [0.25, 0.3) is 0 Å². The first-order chi connectivity index (χ1) is 12.6. The number of aliphatic hydroxyl groups excluding tert-OH is 1. The fourth-order valence-corrected chi connectivity index (χ4v) is 2.67. The highest BCUT2D eigenvalue weighted by Crippen LogP contribution is 2.33. The van der Waals surface area contributed by atoms with Crippen LogP contribution in [0.25, 0.3) is 10.8 Å². The molecule has 3 aromatic carbocycles. The summed E-state index contributed by atoms with van der Waals surface area (Å²) in [4.78, 5) is 0. The van der Waals surface area contributed by atoms with E-state index in [1.54, 1.807) is 0 Å². The van der Waals surface area contributed by atoms with Crippen LogP contribution < -0.4 is 14.2 Å². The van der Waals surface area contributed by atoms with Gasteiger partial charge in [0.2, 0.25) is 0 Å². The number of ether oxygens (including phenoxy) is 3.